The number of benzene rings is 1. The molecule has 0 aliphatic heterocycles. The van der Waals surface area contributed by atoms with Crippen LogP contribution in [0.2, 0.25) is 5.02 Å². The third-order valence-electron chi connectivity index (χ3n) is 3.25. The summed E-state index contributed by atoms with van der Waals surface area (Å²) in [6.07, 6.45) is 3.60. The maximum absolute atomic E-state index is 6.27. The molecule has 1 aromatic heterocycles. The van der Waals surface area contributed by atoms with Gasteiger partial charge in [0, 0.05) is 27.8 Å². The van der Waals surface area contributed by atoms with E-state index in [1.165, 1.54) is 5.56 Å². The van der Waals surface area contributed by atoms with Gasteiger partial charge < -0.3 is 0 Å². The molecular weight excluding hydrogens is 338 g/mol. The molecule has 2 aromatic rings. The molecule has 3 nitrogen and oxygen atoms in total. The summed E-state index contributed by atoms with van der Waals surface area (Å²) in [5.41, 5.74) is 6.01. The lowest BCUT2D eigenvalue weighted by Crippen LogP contribution is -2.30. The second kappa shape index (κ2) is 7.18. The molecule has 0 spiro atoms. The highest BCUT2D eigenvalue weighted by Crippen LogP contribution is 2.27. The van der Waals surface area contributed by atoms with E-state index >= 15 is 0 Å². The average Bonchev–Trinajstić information content (AvgIpc) is 2.46. The van der Waals surface area contributed by atoms with Crippen molar-refractivity contribution in [1.29, 1.82) is 0 Å². The molecule has 0 aliphatic carbocycles. The van der Waals surface area contributed by atoms with Gasteiger partial charge in [-0.3, -0.25) is 16.3 Å². The maximum atomic E-state index is 6.27. The van der Waals surface area contributed by atoms with Crippen LogP contribution in [0.15, 0.2) is 41.0 Å². The molecule has 106 valence electrons. The lowest BCUT2D eigenvalue weighted by molar-refractivity contribution is 0.546. The van der Waals surface area contributed by atoms with Crippen LogP contribution in [-0.2, 0) is 12.8 Å². The Balaban J connectivity index is 2.19. The molecule has 0 radical (unpaired) electrons. The van der Waals surface area contributed by atoms with Crippen molar-refractivity contribution in [3.05, 3.63) is 62.8 Å². The third kappa shape index (κ3) is 3.79. The minimum atomic E-state index is -0.0597. The van der Waals surface area contributed by atoms with Crippen LogP contribution in [-0.4, -0.2) is 4.98 Å². The number of hydrazine groups is 1. The molecule has 0 saturated heterocycles. The quantitative estimate of drug-likeness (QED) is 0.634. The monoisotopic (exact) mass is 353 g/mol. The Morgan fingerprint density at radius 2 is 2.15 bits per heavy atom. The molecule has 1 atom stereocenters. The van der Waals surface area contributed by atoms with Crippen LogP contribution in [0.3, 0.4) is 0 Å². The number of nitrogens with one attached hydrogen (secondary N) is 1. The fourth-order valence-corrected chi connectivity index (χ4v) is 2.84. The molecule has 1 heterocycles. The van der Waals surface area contributed by atoms with Gasteiger partial charge in [-0.25, -0.2) is 0 Å². The highest BCUT2D eigenvalue weighted by molar-refractivity contribution is 9.10. The van der Waals surface area contributed by atoms with Crippen molar-refractivity contribution in [1.82, 2.24) is 10.4 Å². The molecule has 1 aromatic carbocycles. The van der Waals surface area contributed by atoms with Crippen molar-refractivity contribution in [2.75, 3.05) is 0 Å². The number of aromatic nitrogens is 1. The lowest BCUT2D eigenvalue weighted by atomic mass is 10.0. The van der Waals surface area contributed by atoms with E-state index < -0.39 is 0 Å². The van der Waals surface area contributed by atoms with E-state index in [9.17, 15) is 0 Å². The molecule has 5 heteroatoms. The van der Waals surface area contributed by atoms with Gasteiger partial charge in [0.2, 0.25) is 0 Å². The molecule has 3 N–H and O–H groups in total. The van der Waals surface area contributed by atoms with Crippen LogP contribution >= 0.6 is 27.5 Å². The van der Waals surface area contributed by atoms with Gasteiger partial charge >= 0.3 is 0 Å². The Bertz CT molecular complexity index is 572. The largest absolute Gasteiger partial charge is 0.271 e. The van der Waals surface area contributed by atoms with E-state index in [0.717, 1.165) is 22.2 Å². The van der Waals surface area contributed by atoms with Crippen molar-refractivity contribution in [3.63, 3.8) is 0 Å². The molecule has 2 rings (SSSR count). The number of aryl methyl sites for hydroxylation is 1. The first-order valence-electron chi connectivity index (χ1n) is 6.49. The Kier molecular flexibility index (Phi) is 5.54. The van der Waals surface area contributed by atoms with Gasteiger partial charge in [0.1, 0.15) is 0 Å². The van der Waals surface area contributed by atoms with E-state index in [1.807, 2.05) is 30.5 Å². The van der Waals surface area contributed by atoms with E-state index in [4.69, 9.17) is 17.4 Å². The predicted octanol–water partition coefficient (Wildman–Crippen LogP) is 3.81. The number of hydrogen-bond donors (Lipinski definition) is 2. The van der Waals surface area contributed by atoms with Crippen molar-refractivity contribution in [3.8, 4) is 0 Å². The van der Waals surface area contributed by atoms with Crippen molar-refractivity contribution < 1.29 is 0 Å². The summed E-state index contributed by atoms with van der Waals surface area (Å²) < 4.78 is 0.951. The Morgan fingerprint density at radius 3 is 2.70 bits per heavy atom. The molecule has 0 bridgehead atoms. The second-order valence-corrected chi connectivity index (χ2v) is 5.92. The van der Waals surface area contributed by atoms with Gasteiger partial charge in [-0.05, 0) is 35.7 Å². The number of nitrogens with zero attached hydrogens (tertiary/aromatic N) is 1. The zero-order chi connectivity index (χ0) is 14.5. The first-order valence-corrected chi connectivity index (χ1v) is 7.66. The summed E-state index contributed by atoms with van der Waals surface area (Å²) in [4.78, 5) is 4.46. The van der Waals surface area contributed by atoms with Crippen LogP contribution in [0.25, 0.3) is 0 Å². The Hall–Kier alpha value is -0.940. The van der Waals surface area contributed by atoms with Gasteiger partial charge in [-0.1, -0.05) is 46.6 Å². The number of hydrogen-bond acceptors (Lipinski definition) is 3. The number of pyridine rings is 1. The molecule has 0 saturated carbocycles. The summed E-state index contributed by atoms with van der Waals surface area (Å²) >= 11 is 9.67. The highest BCUT2D eigenvalue weighted by Gasteiger charge is 2.15. The van der Waals surface area contributed by atoms with E-state index in [-0.39, 0.29) is 6.04 Å². The smallest absolute Gasteiger partial charge is 0.0530 e. The van der Waals surface area contributed by atoms with E-state index in [1.54, 1.807) is 0 Å². The molecule has 20 heavy (non-hydrogen) atoms. The fourth-order valence-electron chi connectivity index (χ4n) is 2.04. The number of rotatable bonds is 5. The zero-order valence-corrected chi connectivity index (χ0v) is 13.6. The van der Waals surface area contributed by atoms with Gasteiger partial charge in [0.15, 0.2) is 0 Å². The summed E-state index contributed by atoms with van der Waals surface area (Å²) in [5.74, 6) is 5.67. The summed E-state index contributed by atoms with van der Waals surface area (Å²) in [7, 11) is 0. The van der Waals surface area contributed by atoms with Gasteiger partial charge in [-0.15, -0.1) is 0 Å². The first kappa shape index (κ1) is 15.4. The molecule has 1 unspecified atom stereocenters. The van der Waals surface area contributed by atoms with Crippen LogP contribution in [0, 0.1) is 0 Å². The topological polar surface area (TPSA) is 50.9 Å². The predicted molar refractivity (Wildman–Crippen MR) is 86.5 cm³/mol. The molecule has 0 aliphatic rings. The van der Waals surface area contributed by atoms with Gasteiger partial charge in [0.25, 0.3) is 0 Å². The van der Waals surface area contributed by atoms with E-state index in [2.05, 4.69) is 39.3 Å². The summed E-state index contributed by atoms with van der Waals surface area (Å²) in [6.45, 7) is 2.11. The maximum Gasteiger partial charge on any atom is 0.0530 e. The summed E-state index contributed by atoms with van der Waals surface area (Å²) in [5, 5.41) is 0.688. The van der Waals surface area contributed by atoms with Crippen molar-refractivity contribution in [2.24, 2.45) is 5.84 Å². The minimum absolute atomic E-state index is 0.0597. The number of nitrogens with two attached hydrogens (primary N) is 1. The minimum Gasteiger partial charge on any atom is -0.271 e. The number of halogens is 2. The van der Waals surface area contributed by atoms with E-state index in [0.29, 0.717) is 11.4 Å². The second-order valence-electron chi connectivity index (χ2n) is 4.60. The zero-order valence-electron chi connectivity index (χ0n) is 11.2. The van der Waals surface area contributed by atoms with Crippen molar-refractivity contribution in [2.45, 2.75) is 25.8 Å². The SMILES string of the molecule is CCc1ccc(CC(NN)c2ccc(Br)cc2Cl)nc1. The van der Waals surface area contributed by atoms with Gasteiger partial charge in [0.05, 0.1) is 6.04 Å². The van der Waals surface area contributed by atoms with Crippen LogP contribution in [0.4, 0.5) is 0 Å². The van der Waals surface area contributed by atoms with Crippen LogP contribution in [0.5, 0.6) is 0 Å². The molecule has 0 amide bonds. The Labute approximate surface area is 132 Å². The third-order valence-corrected chi connectivity index (χ3v) is 4.07. The first-order chi connectivity index (χ1) is 9.63. The molecular formula is C15H17BrClN3. The van der Waals surface area contributed by atoms with Crippen molar-refractivity contribution >= 4 is 27.5 Å². The van der Waals surface area contributed by atoms with Gasteiger partial charge in [-0.2, -0.15) is 0 Å². The lowest BCUT2D eigenvalue weighted by Gasteiger charge is -2.17. The average molecular weight is 355 g/mol. The fraction of sp³-hybridized carbons (Fsp3) is 0.267. The molecule has 0 fully saturated rings. The standard InChI is InChI=1S/C15H17BrClN3/c1-2-10-3-5-12(19-9-10)8-15(20-18)13-6-4-11(16)7-14(13)17/h3-7,9,15,20H,2,8,18H2,1H3. The highest BCUT2D eigenvalue weighted by atomic mass is 79.9. The van der Waals surface area contributed by atoms with Crippen LogP contribution < -0.4 is 11.3 Å². The Morgan fingerprint density at radius 1 is 1.35 bits per heavy atom. The normalized spacial score (nSPS) is 12.4. The van der Waals surface area contributed by atoms with Crippen LogP contribution in [0.1, 0.15) is 29.8 Å². The summed E-state index contributed by atoms with van der Waals surface area (Å²) in [6, 6.07) is 9.87.